The molecule has 18 heavy (non-hydrogen) atoms. The molecule has 7 nitrogen and oxygen atoms in total. The van der Waals surface area contributed by atoms with Crippen LogP contribution in [0.25, 0.3) is 11.6 Å². The minimum absolute atomic E-state index is 0.372. The fourth-order valence-electron chi connectivity index (χ4n) is 1.44. The summed E-state index contributed by atoms with van der Waals surface area (Å²) < 4.78 is 12.3. The highest BCUT2D eigenvalue weighted by Gasteiger charge is 2.16. The Kier molecular flexibility index (Phi) is 4.06. The maximum Gasteiger partial charge on any atom is 0.278 e. The Morgan fingerprint density at radius 2 is 2.39 bits per heavy atom. The molecule has 0 aromatic carbocycles. The van der Waals surface area contributed by atoms with Crippen LogP contribution in [-0.2, 0) is 11.8 Å². The molecule has 2 N–H and O–H groups in total. The Morgan fingerprint density at radius 1 is 1.56 bits per heavy atom. The van der Waals surface area contributed by atoms with Crippen molar-refractivity contribution >= 4 is 0 Å². The predicted octanol–water partition coefficient (Wildman–Crippen LogP) is 0.896. The molecule has 7 heteroatoms. The Morgan fingerprint density at radius 3 is 3.06 bits per heavy atom. The number of hydrogen-bond donors (Lipinski definition) is 1. The molecule has 0 bridgehead atoms. The lowest BCUT2D eigenvalue weighted by Crippen LogP contribution is -2.18. The minimum atomic E-state index is -0.377. The van der Waals surface area contributed by atoms with Gasteiger partial charge in [-0.05, 0) is 6.42 Å². The first-order valence-corrected chi connectivity index (χ1v) is 5.86. The fourth-order valence-corrected chi connectivity index (χ4v) is 1.44. The topological polar surface area (TPSA) is 92.0 Å². The van der Waals surface area contributed by atoms with Crippen LogP contribution >= 0.6 is 0 Å². The van der Waals surface area contributed by atoms with Crippen LogP contribution in [0.2, 0.25) is 0 Å². The quantitative estimate of drug-likeness (QED) is 0.767. The Hall–Kier alpha value is -1.73. The van der Waals surface area contributed by atoms with E-state index in [0.29, 0.717) is 30.6 Å². The van der Waals surface area contributed by atoms with Crippen molar-refractivity contribution in [3.05, 3.63) is 18.3 Å². The number of hydrogen-bond acceptors (Lipinski definition) is 6. The molecule has 2 heterocycles. The highest BCUT2D eigenvalue weighted by molar-refractivity contribution is 5.44. The number of nitrogens with two attached hydrogens (primary N) is 1. The maximum absolute atomic E-state index is 5.90. The second-order valence-electron chi connectivity index (χ2n) is 4.06. The van der Waals surface area contributed by atoms with Crippen LogP contribution in [0.15, 0.2) is 17.0 Å². The average Bonchev–Trinajstić information content (AvgIpc) is 2.97. The third-order valence-corrected chi connectivity index (χ3v) is 2.34. The minimum Gasteiger partial charge on any atom is -0.379 e. The Labute approximate surface area is 105 Å². The highest BCUT2D eigenvalue weighted by Crippen LogP contribution is 2.16. The molecule has 1 unspecified atom stereocenters. The van der Waals surface area contributed by atoms with Gasteiger partial charge >= 0.3 is 0 Å². The van der Waals surface area contributed by atoms with E-state index in [-0.39, 0.29) is 6.04 Å². The number of imidazole rings is 1. The van der Waals surface area contributed by atoms with Gasteiger partial charge in [0.25, 0.3) is 5.89 Å². The molecule has 0 aliphatic rings. The first-order valence-electron chi connectivity index (χ1n) is 5.86. The van der Waals surface area contributed by atoms with Crippen molar-refractivity contribution in [1.29, 1.82) is 0 Å². The standard InChI is InChI=1S/C11H17N5O2/c1-3-4-17-6-8(12)10-14-11(18-15-10)9-5-16(2)7-13-9/h5,7-8H,3-4,6,12H2,1-2H3. The fraction of sp³-hybridized carbons (Fsp3) is 0.545. The number of ether oxygens (including phenoxy) is 1. The molecule has 0 aliphatic heterocycles. The van der Waals surface area contributed by atoms with E-state index in [0.717, 1.165) is 6.42 Å². The molecule has 1 atom stereocenters. The zero-order valence-electron chi connectivity index (χ0n) is 10.5. The number of nitrogens with zero attached hydrogens (tertiary/aromatic N) is 4. The van der Waals surface area contributed by atoms with Gasteiger partial charge in [-0.3, -0.25) is 0 Å². The van der Waals surface area contributed by atoms with Crippen molar-refractivity contribution in [3.63, 3.8) is 0 Å². The van der Waals surface area contributed by atoms with Gasteiger partial charge in [-0.2, -0.15) is 4.98 Å². The molecule has 0 spiro atoms. The number of rotatable bonds is 6. The molecular formula is C11H17N5O2. The second kappa shape index (κ2) is 5.74. The lowest BCUT2D eigenvalue weighted by atomic mass is 10.3. The normalized spacial score (nSPS) is 12.8. The molecule has 0 amide bonds. The van der Waals surface area contributed by atoms with Gasteiger partial charge in [0.15, 0.2) is 5.82 Å². The van der Waals surface area contributed by atoms with Gasteiger partial charge in [0.1, 0.15) is 5.69 Å². The van der Waals surface area contributed by atoms with Crippen LogP contribution in [0, 0.1) is 0 Å². The Bertz CT molecular complexity index is 493. The molecule has 0 saturated heterocycles. The van der Waals surface area contributed by atoms with Crippen LogP contribution in [0.5, 0.6) is 0 Å². The van der Waals surface area contributed by atoms with Crippen LogP contribution in [0.4, 0.5) is 0 Å². The van der Waals surface area contributed by atoms with Gasteiger partial charge < -0.3 is 19.6 Å². The molecular weight excluding hydrogens is 234 g/mol. The largest absolute Gasteiger partial charge is 0.379 e. The summed E-state index contributed by atoms with van der Waals surface area (Å²) in [7, 11) is 1.87. The van der Waals surface area contributed by atoms with Crippen molar-refractivity contribution in [2.24, 2.45) is 12.8 Å². The van der Waals surface area contributed by atoms with Gasteiger partial charge in [-0.1, -0.05) is 12.1 Å². The predicted molar refractivity (Wildman–Crippen MR) is 64.5 cm³/mol. The summed E-state index contributed by atoms with van der Waals surface area (Å²) in [6, 6.07) is -0.377. The lowest BCUT2D eigenvalue weighted by Gasteiger charge is -2.06. The van der Waals surface area contributed by atoms with E-state index in [1.807, 2.05) is 18.5 Å². The molecule has 2 aromatic rings. The van der Waals surface area contributed by atoms with E-state index in [9.17, 15) is 0 Å². The molecule has 2 rings (SSSR count). The van der Waals surface area contributed by atoms with Gasteiger partial charge in [0.2, 0.25) is 0 Å². The van der Waals surface area contributed by atoms with Gasteiger partial charge in [0, 0.05) is 19.9 Å². The third-order valence-electron chi connectivity index (χ3n) is 2.34. The second-order valence-corrected chi connectivity index (χ2v) is 4.06. The van der Waals surface area contributed by atoms with Gasteiger partial charge in [-0.15, -0.1) is 0 Å². The van der Waals surface area contributed by atoms with Gasteiger partial charge in [0.05, 0.1) is 19.0 Å². The summed E-state index contributed by atoms with van der Waals surface area (Å²) in [6.07, 6.45) is 4.43. The number of aromatic nitrogens is 4. The average molecular weight is 251 g/mol. The first-order chi connectivity index (χ1) is 8.70. The third kappa shape index (κ3) is 2.93. The van der Waals surface area contributed by atoms with Crippen LogP contribution < -0.4 is 5.73 Å². The summed E-state index contributed by atoms with van der Waals surface area (Å²) in [5, 5.41) is 3.84. The summed E-state index contributed by atoms with van der Waals surface area (Å²) in [4.78, 5) is 8.34. The molecule has 0 aliphatic carbocycles. The van der Waals surface area contributed by atoms with E-state index in [4.69, 9.17) is 15.0 Å². The van der Waals surface area contributed by atoms with E-state index in [1.165, 1.54) is 0 Å². The van der Waals surface area contributed by atoms with Gasteiger partial charge in [-0.25, -0.2) is 4.98 Å². The Balaban J connectivity index is 2.01. The molecule has 0 radical (unpaired) electrons. The molecule has 0 fully saturated rings. The summed E-state index contributed by atoms with van der Waals surface area (Å²) >= 11 is 0. The molecule has 0 saturated carbocycles. The van der Waals surface area contributed by atoms with Crippen molar-refractivity contribution in [1.82, 2.24) is 19.7 Å². The lowest BCUT2D eigenvalue weighted by molar-refractivity contribution is 0.119. The summed E-state index contributed by atoms with van der Waals surface area (Å²) in [5.74, 6) is 0.809. The van der Waals surface area contributed by atoms with Crippen molar-refractivity contribution in [2.75, 3.05) is 13.2 Å². The summed E-state index contributed by atoms with van der Waals surface area (Å²) in [6.45, 7) is 3.10. The zero-order valence-corrected chi connectivity index (χ0v) is 10.5. The van der Waals surface area contributed by atoms with E-state index < -0.39 is 0 Å². The van der Waals surface area contributed by atoms with Crippen molar-refractivity contribution in [3.8, 4) is 11.6 Å². The van der Waals surface area contributed by atoms with E-state index >= 15 is 0 Å². The maximum atomic E-state index is 5.90. The van der Waals surface area contributed by atoms with E-state index in [1.54, 1.807) is 12.5 Å². The monoisotopic (exact) mass is 251 g/mol. The molecule has 2 aromatic heterocycles. The molecule has 98 valence electrons. The van der Waals surface area contributed by atoms with Crippen molar-refractivity contribution < 1.29 is 9.26 Å². The first kappa shape index (κ1) is 12.7. The zero-order chi connectivity index (χ0) is 13.0. The SMILES string of the molecule is CCCOCC(N)c1noc(-c2cn(C)cn2)n1. The highest BCUT2D eigenvalue weighted by atomic mass is 16.5. The van der Waals surface area contributed by atoms with Crippen LogP contribution in [0.1, 0.15) is 25.2 Å². The van der Waals surface area contributed by atoms with Crippen LogP contribution in [0.3, 0.4) is 0 Å². The van der Waals surface area contributed by atoms with Crippen LogP contribution in [-0.4, -0.2) is 32.9 Å². The van der Waals surface area contributed by atoms with Crippen molar-refractivity contribution in [2.45, 2.75) is 19.4 Å². The smallest absolute Gasteiger partial charge is 0.278 e. The number of aryl methyl sites for hydroxylation is 1. The summed E-state index contributed by atoms with van der Waals surface area (Å²) in [5.41, 5.74) is 6.53. The van der Waals surface area contributed by atoms with E-state index in [2.05, 4.69) is 15.1 Å².